The molecule has 0 saturated heterocycles. The van der Waals surface area contributed by atoms with Crippen LogP contribution in [0.25, 0.3) is 0 Å². The number of hydroxylamine groups is 3. The second-order valence-corrected chi connectivity index (χ2v) is 14.4. The first-order valence-electron chi connectivity index (χ1n) is 10.1. The van der Waals surface area contributed by atoms with Crippen molar-refractivity contribution in [3.05, 3.63) is 0 Å². The minimum Gasteiger partial charge on any atom is -0.332 e. The quantitative estimate of drug-likeness (QED) is 0.201. The van der Waals surface area contributed by atoms with E-state index in [0.29, 0.717) is 10.7 Å². The number of hydrogen-bond acceptors (Lipinski definition) is 6. The molecule has 194 valence electrons. The first-order chi connectivity index (χ1) is 13.2. The minimum absolute atomic E-state index is 0. The number of rotatable bonds is 7. The summed E-state index contributed by atoms with van der Waals surface area (Å²) in [5.74, 6) is 3.87. The van der Waals surface area contributed by atoms with Gasteiger partial charge in [0.2, 0.25) is 7.37 Å². The first-order valence-corrected chi connectivity index (χ1v) is 14.0. The maximum absolute atomic E-state index is 11.1. The molecule has 31 heavy (non-hydrogen) atoms. The highest BCUT2D eigenvalue weighted by molar-refractivity contribution is 7.96. The summed E-state index contributed by atoms with van der Waals surface area (Å²) in [6, 6.07) is 0.528. The summed E-state index contributed by atoms with van der Waals surface area (Å²) < 4.78 is 32.0. The highest BCUT2D eigenvalue weighted by atomic mass is 32.2. The molecule has 0 spiro atoms. The van der Waals surface area contributed by atoms with Crippen molar-refractivity contribution in [3.8, 4) is 0 Å². The average Bonchev–Trinajstić information content (AvgIpc) is 2.62. The smallest absolute Gasteiger partial charge is 0.202 e. The summed E-state index contributed by atoms with van der Waals surface area (Å²) in [5.41, 5.74) is 0.146. The van der Waals surface area contributed by atoms with E-state index in [1.165, 1.54) is 14.2 Å². The molecule has 0 rings (SSSR count). The van der Waals surface area contributed by atoms with Gasteiger partial charge in [-0.3, -0.25) is 9.36 Å². The van der Waals surface area contributed by atoms with E-state index in [9.17, 15) is 13.6 Å². The third-order valence-electron chi connectivity index (χ3n) is 4.83. The lowest BCUT2D eigenvalue weighted by atomic mass is 10.1. The van der Waals surface area contributed by atoms with E-state index in [1.54, 1.807) is 20.7 Å². The van der Waals surface area contributed by atoms with Crippen LogP contribution < -0.4 is 0 Å². The summed E-state index contributed by atoms with van der Waals surface area (Å²) in [5, 5.41) is 0.00694. The third-order valence-corrected chi connectivity index (χ3v) is 9.43. The van der Waals surface area contributed by atoms with Gasteiger partial charge in [0, 0.05) is 30.6 Å². The molecule has 0 fully saturated rings. The Kier molecular flexibility index (Phi) is 25.5. The van der Waals surface area contributed by atoms with E-state index in [2.05, 4.69) is 23.9 Å². The number of carbonyl (C=O) groups is 1. The van der Waals surface area contributed by atoms with Crippen LogP contribution in [0.1, 0.15) is 69.7 Å². The topological polar surface area (TPSA) is 78.9 Å². The Morgan fingerprint density at radius 2 is 1.29 bits per heavy atom. The van der Waals surface area contributed by atoms with E-state index in [0.717, 1.165) is 0 Å². The summed E-state index contributed by atoms with van der Waals surface area (Å²) in [7, 11) is 4.20. The second kappa shape index (κ2) is 19.2. The van der Waals surface area contributed by atoms with Crippen LogP contribution in [0.15, 0.2) is 0 Å². The molecule has 0 saturated carbocycles. The molecular weight excluding hydrogens is 437 g/mol. The molecule has 0 radical (unpaired) electrons. The molecule has 9 heteroatoms. The molecule has 0 aliphatic heterocycles. The lowest BCUT2D eigenvalue weighted by Gasteiger charge is -2.28. The fourth-order valence-electron chi connectivity index (χ4n) is 0.614. The standard InChI is InChI=1S/C6H16NO.C5H13O2P.C5H12O2S.C5H10O.CH4/c1-6(2)7(3,4)8-5;2*1-5(2)8(4,6)7-3;1-4(2)5(3)6;/h6H,1-5H3;5H,1-4H3;5H,4H2,1-3H3;4H,1-3H3;1H4/q+1;;;;. The van der Waals surface area contributed by atoms with Crippen molar-refractivity contribution in [2.75, 3.05) is 42.1 Å². The van der Waals surface area contributed by atoms with Gasteiger partial charge in [-0.05, 0) is 40.5 Å². The zero-order valence-corrected chi connectivity index (χ0v) is 24.0. The van der Waals surface area contributed by atoms with Gasteiger partial charge in [-0.1, -0.05) is 35.1 Å². The fourth-order valence-corrected chi connectivity index (χ4v) is 1.42. The van der Waals surface area contributed by atoms with Gasteiger partial charge < -0.3 is 8.71 Å². The highest BCUT2D eigenvalue weighted by Gasteiger charge is 2.18. The maximum Gasteiger partial charge on any atom is 0.202 e. The van der Waals surface area contributed by atoms with E-state index >= 15 is 0 Å². The molecule has 0 N–H and O–H groups in total. The van der Waals surface area contributed by atoms with Crippen LogP contribution in [-0.2, 0) is 32.7 Å². The molecule has 2 unspecified atom stereocenters. The Morgan fingerprint density at radius 1 is 0.968 bits per heavy atom. The minimum atomic E-state index is -2.25. The van der Waals surface area contributed by atoms with Crippen molar-refractivity contribution >= 4 is 28.8 Å². The van der Waals surface area contributed by atoms with Crippen molar-refractivity contribution < 1.29 is 31.8 Å². The molecule has 0 aromatic carbocycles. The normalized spacial score (nSPS) is 14.7. The predicted octanol–water partition coefficient (Wildman–Crippen LogP) is 5.52. The van der Waals surface area contributed by atoms with Crippen molar-refractivity contribution in [2.45, 2.75) is 86.7 Å². The zero-order chi connectivity index (χ0) is 25.5. The van der Waals surface area contributed by atoms with Gasteiger partial charge in [0.25, 0.3) is 0 Å². The molecule has 0 aliphatic rings. The molecule has 7 nitrogen and oxygen atoms in total. The van der Waals surface area contributed by atoms with Gasteiger partial charge in [0.05, 0.1) is 38.1 Å². The lowest BCUT2D eigenvalue weighted by Crippen LogP contribution is -2.44. The van der Waals surface area contributed by atoms with Crippen molar-refractivity contribution in [3.63, 3.8) is 0 Å². The second-order valence-electron chi connectivity index (χ2n) is 8.54. The van der Waals surface area contributed by atoms with Crippen molar-refractivity contribution in [1.29, 1.82) is 0 Å². The van der Waals surface area contributed by atoms with Gasteiger partial charge >= 0.3 is 0 Å². The van der Waals surface area contributed by atoms with Crippen LogP contribution in [-0.4, -0.2) is 79.5 Å². The molecule has 0 aliphatic carbocycles. The number of hydrogen-bond donors (Lipinski definition) is 0. The van der Waals surface area contributed by atoms with Crippen LogP contribution in [0.3, 0.4) is 0 Å². The Bertz CT molecular complexity index is 585. The van der Waals surface area contributed by atoms with Crippen LogP contribution in [0.5, 0.6) is 0 Å². The van der Waals surface area contributed by atoms with Crippen LogP contribution in [0.4, 0.5) is 0 Å². The molecule has 0 heterocycles. The summed E-state index contributed by atoms with van der Waals surface area (Å²) >= 11 is 0. The monoisotopic (exact) mass is 492 g/mol. The summed E-state index contributed by atoms with van der Waals surface area (Å²) in [4.78, 5) is 15.3. The highest BCUT2D eigenvalue weighted by Crippen LogP contribution is 2.46. The van der Waals surface area contributed by atoms with Gasteiger partial charge in [-0.25, -0.2) is 9.05 Å². The van der Waals surface area contributed by atoms with Gasteiger partial charge in [0.1, 0.15) is 11.8 Å². The van der Waals surface area contributed by atoms with E-state index in [1.807, 2.05) is 55.6 Å². The van der Waals surface area contributed by atoms with Crippen LogP contribution in [0.2, 0.25) is 0 Å². The van der Waals surface area contributed by atoms with Gasteiger partial charge in [0.15, 0.2) is 0 Å². The Balaban J connectivity index is -0.0000000965. The maximum atomic E-state index is 11.1. The molecule has 0 aromatic rings. The molecule has 2 atom stereocenters. The molecule has 0 aromatic heterocycles. The van der Waals surface area contributed by atoms with Crippen molar-refractivity contribution in [1.82, 2.24) is 0 Å². The number of Topliss-reactive ketones (excluding diaryl/α,β-unsaturated/α-hetero) is 1. The number of ketones is 1. The van der Waals surface area contributed by atoms with Crippen LogP contribution >= 0.6 is 7.37 Å². The fraction of sp³-hybridized carbons (Fsp3) is 0.909. The average molecular weight is 493 g/mol. The van der Waals surface area contributed by atoms with E-state index < -0.39 is 17.2 Å². The number of nitrogens with zero attached hydrogens (tertiary/aromatic N) is 1. The van der Waals surface area contributed by atoms with E-state index in [4.69, 9.17) is 9.36 Å². The van der Waals surface area contributed by atoms with Crippen molar-refractivity contribution in [2.24, 2.45) is 5.92 Å². The lowest BCUT2D eigenvalue weighted by molar-refractivity contribution is -1.09. The van der Waals surface area contributed by atoms with Gasteiger partial charge in [-0.2, -0.15) is 4.65 Å². The Morgan fingerprint density at radius 3 is 1.29 bits per heavy atom. The Labute approximate surface area is 195 Å². The summed E-state index contributed by atoms with van der Waals surface area (Å²) in [6.07, 6.45) is 0. The molecule has 0 bridgehead atoms. The third kappa shape index (κ3) is 24.2. The molecule has 0 amide bonds. The summed E-state index contributed by atoms with van der Waals surface area (Å²) in [6.45, 7) is 18.7. The molecular formula is C22H55NO6PS+. The first kappa shape index (κ1) is 41.1. The van der Waals surface area contributed by atoms with E-state index in [-0.39, 0.29) is 30.0 Å². The zero-order valence-electron chi connectivity index (χ0n) is 22.3. The SMILES string of the molecule is C.C=S(=O)(OC)C(C)C.CC(=O)C(C)C.COP(C)(=O)C(C)C.CO[N+](C)(C)C(C)C. The van der Waals surface area contributed by atoms with Gasteiger partial charge in [-0.15, -0.1) is 0 Å². The predicted molar refractivity (Wildman–Crippen MR) is 140 cm³/mol. The number of quaternary nitrogens is 1. The Hall–Kier alpha value is -0.240. The number of carbonyl (C=O) groups excluding carboxylic acids is 1. The van der Waals surface area contributed by atoms with Crippen LogP contribution in [0, 0.1) is 5.92 Å². The largest absolute Gasteiger partial charge is 0.332 e.